The van der Waals surface area contributed by atoms with Crippen molar-refractivity contribution in [1.29, 1.82) is 0 Å². The van der Waals surface area contributed by atoms with Gasteiger partial charge in [0.05, 0.1) is 19.1 Å². The van der Waals surface area contributed by atoms with Crippen LogP contribution in [0.1, 0.15) is 44.6 Å². The minimum absolute atomic E-state index is 0.0244. The molecule has 1 aliphatic heterocycles. The van der Waals surface area contributed by atoms with Crippen molar-refractivity contribution in [3.63, 3.8) is 0 Å². The van der Waals surface area contributed by atoms with Crippen LogP contribution in [0.3, 0.4) is 0 Å². The molecule has 1 spiro atoms. The monoisotopic (exact) mass is 373 g/mol. The highest BCUT2D eigenvalue weighted by Gasteiger charge is 2.52. The number of imide groups is 1. The number of methoxy groups -OCH3 is 1. The van der Waals surface area contributed by atoms with Gasteiger partial charge in [0.15, 0.2) is 11.5 Å². The second kappa shape index (κ2) is 8.13. The van der Waals surface area contributed by atoms with Crippen molar-refractivity contribution in [2.75, 3.05) is 20.3 Å². The van der Waals surface area contributed by atoms with E-state index < -0.39 is 11.5 Å². The average molecular weight is 373 g/mol. The van der Waals surface area contributed by atoms with Crippen LogP contribution in [0.4, 0.5) is 0 Å². The van der Waals surface area contributed by atoms with E-state index in [1.54, 1.807) is 13.2 Å². The van der Waals surface area contributed by atoms with Gasteiger partial charge in [0.1, 0.15) is 12.7 Å². The van der Waals surface area contributed by atoms with Gasteiger partial charge in [-0.2, -0.15) is 0 Å². The first-order chi connectivity index (χ1) is 13.0. The van der Waals surface area contributed by atoms with Gasteiger partial charge in [-0.25, -0.2) is 0 Å². The van der Waals surface area contributed by atoms with Crippen molar-refractivity contribution in [2.24, 2.45) is 5.41 Å². The number of carbonyl (C=O) groups is 2. The van der Waals surface area contributed by atoms with Crippen LogP contribution in [0.15, 0.2) is 24.3 Å². The lowest BCUT2D eigenvalue weighted by Crippen LogP contribution is -2.41. The second-order valence-electron chi connectivity index (χ2n) is 7.35. The molecular formula is C21H27NO5. The summed E-state index contributed by atoms with van der Waals surface area (Å²) in [5.41, 5.74) is 0.473. The van der Waals surface area contributed by atoms with Gasteiger partial charge in [-0.15, -0.1) is 0 Å². The van der Waals surface area contributed by atoms with E-state index in [4.69, 9.17) is 9.47 Å². The Kier molecular flexibility index (Phi) is 5.85. The van der Waals surface area contributed by atoms with Gasteiger partial charge in [0.2, 0.25) is 11.8 Å². The number of rotatable bonds is 7. The Morgan fingerprint density at radius 2 is 2.00 bits per heavy atom. The number of hydrogen-bond donors (Lipinski definition) is 1. The van der Waals surface area contributed by atoms with Gasteiger partial charge >= 0.3 is 0 Å². The first-order valence-corrected chi connectivity index (χ1v) is 9.45. The van der Waals surface area contributed by atoms with Crippen molar-refractivity contribution < 1.29 is 24.2 Å². The van der Waals surface area contributed by atoms with Gasteiger partial charge in [0, 0.05) is 6.42 Å². The summed E-state index contributed by atoms with van der Waals surface area (Å²) in [4.78, 5) is 26.2. The minimum Gasteiger partial charge on any atom is -0.493 e. The van der Waals surface area contributed by atoms with Gasteiger partial charge in [-0.05, 0) is 37.5 Å². The number of carbonyl (C=O) groups excluding carboxylic acids is 2. The summed E-state index contributed by atoms with van der Waals surface area (Å²) >= 11 is 0. The maximum atomic E-state index is 12.7. The smallest absolute Gasteiger partial charge is 0.235 e. The topological polar surface area (TPSA) is 76.1 Å². The standard InChI is InChI=1S/C21H27NO5/c1-3-6-15-7-8-17(18(11-15)26-2)27-14-16(23)13-22-19(24)12-21(20(22)25)9-4-5-10-21/h3,6-8,11,16,23H,4-5,9-10,12-14H2,1-2H3/b6-3+. The molecule has 0 aromatic heterocycles. The molecule has 1 saturated carbocycles. The maximum absolute atomic E-state index is 12.7. The Bertz CT molecular complexity index is 736. The third-order valence-electron chi connectivity index (χ3n) is 5.42. The number of aliphatic hydroxyl groups is 1. The summed E-state index contributed by atoms with van der Waals surface area (Å²) in [5.74, 6) is 0.763. The molecule has 6 nitrogen and oxygen atoms in total. The fraction of sp³-hybridized carbons (Fsp3) is 0.524. The fourth-order valence-electron chi connectivity index (χ4n) is 4.04. The summed E-state index contributed by atoms with van der Waals surface area (Å²) in [7, 11) is 1.56. The van der Waals surface area contributed by atoms with Crippen LogP contribution in [-0.2, 0) is 9.59 Å². The van der Waals surface area contributed by atoms with Crippen LogP contribution in [0.25, 0.3) is 6.08 Å². The zero-order chi connectivity index (χ0) is 19.4. The molecule has 2 aliphatic rings. The minimum atomic E-state index is -0.950. The third-order valence-corrected chi connectivity index (χ3v) is 5.42. The van der Waals surface area contributed by atoms with E-state index in [1.165, 1.54) is 4.90 Å². The zero-order valence-electron chi connectivity index (χ0n) is 15.9. The van der Waals surface area contributed by atoms with Gasteiger partial charge in [0.25, 0.3) is 0 Å². The fourth-order valence-corrected chi connectivity index (χ4v) is 4.04. The summed E-state index contributed by atoms with van der Waals surface area (Å²) in [6, 6.07) is 5.52. The highest BCUT2D eigenvalue weighted by molar-refractivity contribution is 6.06. The van der Waals surface area contributed by atoms with E-state index in [0.29, 0.717) is 11.5 Å². The van der Waals surface area contributed by atoms with E-state index in [1.807, 2.05) is 31.2 Å². The number of benzene rings is 1. The van der Waals surface area contributed by atoms with Gasteiger partial charge in [-0.3, -0.25) is 14.5 Å². The van der Waals surface area contributed by atoms with Crippen LogP contribution in [0.5, 0.6) is 11.5 Å². The lowest BCUT2D eigenvalue weighted by Gasteiger charge is -2.23. The van der Waals surface area contributed by atoms with Crippen molar-refractivity contribution in [1.82, 2.24) is 4.90 Å². The highest BCUT2D eigenvalue weighted by Crippen LogP contribution is 2.46. The number of hydrogen-bond acceptors (Lipinski definition) is 5. The maximum Gasteiger partial charge on any atom is 0.235 e. The van der Waals surface area contributed by atoms with E-state index in [2.05, 4.69) is 0 Å². The number of allylic oxidation sites excluding steroid dienone is 1. The molecule has 6 heteroatoms. The number of ether oxygens (including phenoxy) is 2. The quantitative estimate of drug-likeness (QED) is 0.744. The van der Waals surface area contributed by atoms with Crippen molar-refractivity contribution in [3.05, 3.63) is 29.8 Å². The lowest BCUT2D eigenvalue weighted by molar-refractivity contribution is -0.143. The molecule has 146 valence electrons. The normalized spacial score (nSPS) is 20.0. The lowest BCUT2D eigenvalue weighted by atomic mass is 9.84. The molecule has 0 radical (unpaired) electrons. The Hall–Kier alpha value is -2.34. The number of likely N-dealkylation sites (tertiary alicyclic amines) is 1. The summed E-state index contributed by atoms with van der Waals surface area (Å²) < 4.78 is 11.0. The first kappa shape index (κ1) is 19.4. The molecule has 1 aromatic carbocycles. The van der Waals surface area contributed by atoms with E-state index in [0.717, 1.165) is 31.2 Å². The second-order valence-corrected chi connectivity index (χ2v) is 7.35. The van der Waals surface area contributed by atoms with Crippen LogP contribution in [0, 0.1) is 5.41 Å². The molecule has 27 heavy (non-hydrogen) atoms. The molecule has 1 unspecified atom stereocenters. The van der Waals surface area contributed by atoms with Crippen molar-refractivity contribution >= 4 is 17.9 Å². The summed E-state index contributed by atoms with van der Waals surface area (Å²) in [5, 5.41) is 10.3. The van der Waals surface area contributed by atoms with E-state index >= 15 is 0 Å². The van der Waals surface area contributed by atoms with Gasteiger partial charge < -0.3 is 14.6 Å². The number of amides is 2. The molecule has 2 amide bonds. The number of β-amino-alcohol motifs (C(OH)–C–C–N with tert-alkyl or cyclic N) is 1. The van der Waals surface area contributed by atoms with Crippen LogP contribution < -0.4 is 9.47 Å². The molecule has 1 aromatic rings. The molecule has 1 heterocycles. The van der Waals surface area contributed by atoms with Crippen LogP contribution >= 0.6 is 0 Å². The van der Waals surface area contributed by atoms with E-state index in [9.17, 15) is 14.7 Å². The van der Waals surface area contributed by atoms with E-state index in [-0.39, 0.29) is 31.4 Å². The van der Waals surface area contributed by atoms with Crippen LogP contribution in [0.2, 0.25) is 0 Å². The Morgan fingerprint density at radius 3 is 2.67 bits per heavy atom. The zero-order valence-corrected chi connectivity index (χ0v) is 15.9. The third kappa shape index (κ3) is 4.00. The molecule has 0 bridgehead atoms. The molecule has 2 fully saturated rings. The summed E-state index contributed by atoms with van der Waals surface area (Å²) in [6.07, 6.45) is 6.73. The molecule has 3 rings (SSSR count). The Balaban J connectivity index is 1.59. The molecule has 1 aliphatic carbocycles. The van der Waals surface area contributed by atoms with Crippen molar-refractivity contribution in [2.45, 2.75) is 45.1 Å². The SMILES string of the molecule is C/C=C/c1ccc(OCC(O)CN2C(=O)CC3(CCCC3)C2=O)c(OC)c1. The molecule has 1 N–H and O–H groups in total. The molecule has 1 saturated heterocycles. The predicted molar refractivity (Wildman–Crippen MR) is 101 cm³/mol. The average Bonchev–Trinajstić information content (AvgIpc) is 3.21. The van der Waals surface area contributed by atoms with Gasteiger partial charge in [-0.1, -0.05) is 31.1 Å². The Morgan fingerprint density at radius 1 is 1.26 bits per heavy atom. The highest BCUT2D eigenvalue weighted by atomic mass is 16.5. The largest absolute Gasteiger partial charge is 0.493 e. The number of nitrogens with zero attached hydrogens (tertiary/aromatic N) is 1. The van der Waals surface area contributed by atoms with Crippen LogP contribution in [-0.4, -0.2) is 48.2 Å². The summed E-state index contributed by atoms with van der Waals surface area (Å²) in [6.45, 7) is 1.88. The van der Waals surface area contributed by atoms with Crippen molar-refractivity contribution in [3.8, 4) is 11.5 Å². The molecular weight excluding hydrogens is 346 g/mol. The Labute approximate surface area is 159 Å². The first-order valence-electron chi connectivity index (χ1n) is 9.45. The number of aliphatic hydroxyl groups excluding tert-OH is 1. The predicted octanol–water partition coefficient (Wildman–Crippen LogP) is 2.79. The molecule has 1 atom stereocenters.